The highest BCUT2D eigenvalue weighted by atomic mass is 16.1. The Morgan fingerprint density at radius 1 is 1.06 bits per heavy atom. The van der Waals surface area contributed by atoms with Crippen LogP contribution >= 0.6 is 0 Å². The lowest BCUT2D eigenvalue weighted by Crippen LogP contribution is -2.40. The lowest BCUT2D eigenvalue weighted by molar-refractivity contribution is 0.0649. The number of ketones is 1. The zero-order valence-electron chi connectivity index (χ0n) is 18.6. The normalized spacial score (nSPS) is 22.7. The molecule has 1 spiro atoms. The number of benzene rings is 1. The van der Waals surface area contributed by atoms with E-state index in [9.17, 15) is 4.79 Å². The van der Waals surface area contributed by atoms with Crippen LogP contribution in [-0.2, 0) is 0 Å². The summed E-state index contributed by atoms with van der Waals surface area (Å²) in [5.74, 6) is 0.347. The molecule has 1 aromatic carbocycles. The van der Waals surface area contributed by atoms with Crippen molar-refractivity contribution in [3.63, 3.8) is 0 Å². The van der Waals surface area contributed by atoms with Gasteiger partial charge in [-0.1, -0.05) is 43.2 Å². The monoisotopic (exact) mass is 437 g/mol. The van der Waals surface area contributed by atoms with Crippen molar-refractivity contribution in [2.24, 2.45) is 11.3 Å². The molecule has 0 amide bonds. The second-order valence-corrected chi connectivity index (χ2v) is 9.39. The number of nitrogens with zero attached hydrogens (tertiary/aromatic N) is 4. The van der Waals surface area contributed by atoms with Crippen LogP contribution in [0.5, 0.6) is 0 Å². The predicted octanol–water partition coefficient (Wildman–Crippen LogP) is 4.81. The third kappa shape index (κ3) is 3.55. The average molecular weight is 438 g/mol. The first kappa shape index (κ1) is 20.2. The smallest absolute Gasteiger partial charge is 0.166 e. The van der Waals surface area contributed by atoms with Crippen molar-refractivity contribution in [3.05, 3.63) is 72.7 Å². The number of hydrogen-bond donors (Lipinski definition) is 1. The molecule has 1 N–H and O–H groups in total. The van der Waals surface area contributed by atoms with Crippen molar-refractivity contribution < 1.29 is 4.79 Å². The molecule has 6 rings (SSSR count). The molecule has 2 aliphatic rings. The van der Waals surface area contributed by atoms with Crippen LogP contribution in [0.25, 0.3) is 28.2 Å². The molecule has 2 unspecified atom stereocenters. The van der Waals surface area contributed by atoms with Gasteiger partial charge in [0.1, 0.15) is 0 Å². The molecule has 1 aliphatic heterocycles. The van der Waals surface area contributed by atoms with E-state index in [1.807, 2.05) is 54.7 Å². The van der Waals surface area contributed by atoms with Gasteiger partial charge in [-0.3, -0.25) is 9.78 Å². The number of pyridine rings is 1. The molecule has 6 nitrogen and oxygen atoms in total. The van der Waals surface area contributed by atoms with Crippen molar-refractivity contribution in [1.82, 2.24) is 24.9 Å². The van der Waals surface area contributed by atoms with Crippen molar-refractivity contribution in [1.29, 1.82) is 0 Å². The summed E-state index contributed by atoms with van der Waals surface area (Å²) in [5.41, 5.74) is 5.12. The zero-order chi connectivity index (χ0) is 22.3. The van der Waals surface area contributed by atoms with E-state index in [2.05, 4.69) is 15.4 Å². The van der Waals surface area contributed by atoms with Crippen LogP contribution in [0.1, 0.15) is 42.5 Å². The van der Waals surface area contributed by atoms with Gasteiger partial charge in [-0.25, -0.2) is 9.50 Å². The fraction of sp³-hybridized carbons (Fsp3) is 0.333. The summed E-state index contributed by atoms with van der Waals surface area (Å²) < 4.78 is 1.76. The summed E-state index contributed by atoms with van der Waals surface area (Å²) in [5, 5.41) is 7.98. The SMILES string of the molecule is O=C(c1ccnc(-c2cnn3ccc(-c4ccccc4)nc23)c1)C1CCCCC12CCNC2. The van der Waals surface area contributed by atoms with Gasteiger partial charge in [0.15, 0.2) is 11.4 Å². The van der Waals surface area contributed by atoms with E-state index in [0.717, 1.165) is 72.5 Å². The third-order valence-electron chi connectivity index (χ3n) is 7.51. The summed E-state index contributed by atoms with van der Waals surface area (Å²) >= 11 is 0. The number of carbonyl (C=O) groups is 1. The number of hydrogen-bond acceptors (Lipinski definition) is 5. The molecule has 1 saturated heterocycles. The van der Waals surface area contributed by atoms with Gasteiger partial charge in [0.2, 0.25) is 0 Å². The van der Waals surface area contributed by atoms with E-state index in [0.29, 0.717) is 0 Å². The molecule has 4 heterocycles. The maximum Gasteiger partial charge on any atom is 0.166 e. The zero-order valence-corrected chi connectivity index (χ0v) is 18.6. The van der Waals surface area contributed by atoms with Crippen molar-refractivity contribution in [2.75, 3.05) is 13.1 Å². The molecular formula is C27H27N5O. The molecule has 6 heteroatoms. The minimum Gasteiger partial charge on any atom is -0.316 e. The molecule has 4 aromatic rings. The Balaban J connectivity index is 1.37. The minimum atomic E-state index is 0.0863. The van der Waals surface area contributed by atoms with Crippen molar-refractivity contribution in [2.45, 2.75) is 32.1 Å². The summed E-state index contributed by atoms with van der Waals surface area (Å²) in [7, 11) is 0. The van der Waals surface area contributed by atoms with Gasteiger partial charge in [-0.15, -0.1) is 0 Å². The molecule has 166 valence electrons. The van der Waals surface area contributed by atoms with Gasteiger partial charge < -0.3 is 5.32 Å². The van der Waals surface area contributed by atoms with E-state index in [1.165, 1.54) is 6.42 Å². The predicted molar refractivity (Wildman–Crippen MR) is 128 cm³/mol. The van der Waals surface area contributed by atoms with Crippen LogP contribution in [0, 0.1) is 11.3 Å². The third-order valence-corrected chi connectivity index (χ3v) is 7.51. The molecule has 0 radical (unpaired) electrons. The Bertz CT molecular complexity index is 1310. The molecule has 3 aromatic heterocycles. The minimum absolute atomic E-state index is 0.0863. The van der Waals surface area contributed by atoms with Crippen molar-refractivity contribution >= 4 is 11.4 Å². The number of aromatic nitrogens is 4. The highest BCUT2D eigenvalue weighted by molar-refractivity contribution is 5.99. The summed E-state index contributed by atoms with van der Waals surface area (Å²) in [6.45, 7) is 1.98. The van der Waals surface area contributed by atoms with Gasteiger partial charge >= 0.3 is 0 Å². The van der Waals surface area contributed by atoms with E-state index >= 15 is 0 Å². The number of Topliss-reactive ketones (excluding diaryl/α,β-unsaturated/α-hetero) is 1. The van der Waals surface area contributed by atoms with E-state index in [-0.39, 0.29) is 17.1 Å². The first-order chi connectivity index (χ1) is 16.2. The Morgan fingerprint density at radius 2 is 1.97 bits per heavy atom. The largest absolute Gasteiger partial charge is 0.316 e. The van der Waals surface area contributed by atoms with Crippen LogP contribution in [-0.4, -0.2) is 38.5 Å². The molecule has 33 heavy (non-hydrogen) atoms. The van der Waals surface area contributed by atoms with Gasteiger partial charge in [0.25, 0.3) is 0 Å². The van der Waals surface area contributed by atoms with Crippen LogP contribution in [0.2, 0.25) is 0 Å². The highest BCUT2D eigenvalue weighted by Gasteiger charge is 2.46. The fourth-order valence-electron chi connectivity index (χ4n) is 5.74. The molecule has 2 fully saturated rings. The number of fused-ring (bicyclic) bond motifs is 1. The van der Waals surface area contributed by atoms with Gasteiger partial charge in [-0.2, -0.15) is 5.10 Å². The molecule has 1 aliphatic carbocycles. The van der Waals surface area contributed by atoms with Gasteiger partial charge in [0.05, 0.1) is 23.1 Å². The average Bonchev–Trinajstić information content (AvgIpc) is 3.52. The summed E-state index contributed by atoms with van der Waals surface area (Å²) in [6, 6.07) is 15.9. The first-order valence-corrected chi connectivity index (χ1v) is 11.8. The van der Waals surface area contributed by atoms with Crippen LogP contribution < -0.4 is 5.32 Å². The van der Waals surface area contributed by atoms with Crippen LogP contribution in [0.3, 0.4) is 0 Å². The van der Waals surface area contributed by atoms with Gasteiger partial charge in [-0.05, 0) is 49.4 Å². The van der Waals surface area contributed by atoms with Crippen LogP contribution in [0.15, 0.2) is 67.1 Å². The molecule has 1 saturated carbocycles. The van der Waals surface area contributed by atoms with E-state index in [4.69, 9.17) is 4.98 Å². The maximum absolute atomic E-state index is 13.7. The Hall–Kier alpha value is -3.38. The second kappa shape index (κ2) is 8.19. The van der Waals surface area contributed by atoms with E-state index < -0.39 is 0 Å². The van der Waals surface area contributed by atoms with E-state index in [1.54, 1.807) is 16.9 Å². The standard InChI is InChI=1S/C27H27N5O/c33-25(22-8-4-5-11-27(22)12-14-28-18-27)20-9-13-29-24(16-20)21-17-30-32-15-10-23(31-26(21)32)19-6-2-1-3-7-19/h1-3,6-7,9-10,13,15-17,22,28H,4-5,8,11-12,14,18H2. The van der Waals surface area contributed by atoms with Crippen LogP contribution in [0.4, 0.5) is 0 Å². The molecule has 0 bridgehead atoms. The Kier molecular flexibility index (Phi) is 5.03. The molecule has 2 atom stereocenters. The lowest BCUT2D eigenvalue weighted by Gasteiger charge is -2.40. The second-order valence-electron chi connectivity index (χ2n) is 9.39. The highest BCUT2D eigenvalue weighted by Crippen LogP contribution is 2.47. The Labute approximate surface area is 193 Å². The quantitative estimate of drug-likeness (QED) is 0.464. The lowest BCUT2D eigenvalue weighted by atomic mass is 9.63. The van der Waals surface area contributed by atoms with Crippen molar-refractivity contribution in [3.8, 4) is 22.5 Å². The van der Waals surface area contributed by atoms with Gasteiger partial charge in [0, 0.05) is 36.0 Å². The first-order valence-electron chi connectivity index (χ1n) is 11.8. The summed E-state index contributed by atoms with van der Waals surface area (Å²) in [6.07, 6.45) is 11.0. The topological polar surface area (TPSA) is 72.2 Å². The Morgan fingerprint density at radius 3 is 2.82 bits per heavy atom. The molecular weight excluding hydrogens is 410 g/mol. The number of nitrogens with one attached hydrogen (secondary N) is 1. The summed E-state index contributed by atoms with van der Waals surface area (Å²) in [4.78, 5) is 23.2. The maximum atomic E-state index is 13.7. The fourth-order valence-corrected chi connectivity index (χ4v) is 5.74. The number of rotatable bonds is 4. The number of carbonyl (C=O) groups excluding carboxylic acids is 1.